The van der Waals surface area contributed by atoms with Crippen LogP contribution in [0.3, 0.4) is 0 Å². The van der Waals surface area contributed by atoms with Gasteiger partial charge in [0.1, 0.15) is 0 Å². The summed E-state index contributed by atoms with van der Waals surface area (Å²) in [6.07, 6.45) is 5.92. The minimum atomic E-state index is 0.521. The molecule has 0 bridgehead atoms. The van der Waals surface area contributed by atoms with Crippen LogP contribution < -0.4 is 5.30 Å². The van der Waals surface area contributed by atoms with E-state index in [1.165, 1.54) is 36.6 Å². The average Bonchev–Trinajstić information content (AvgIpc) is 2.33. The highest BCUT2D eigenvalue weighted by Gasteiger charge is 2.07. The molecule has 0 N–H and O–H groups in total. The van der Waals surface area contributed by atoms with Crippen molar-refractivity contribution in [3.8, 4) is 0 Å². The highest BCUT2D eigenvalue weighted by Crippen LogP contribution is 2.20. The quantitative estimate of drug-likeness (QED) is 0.497. The van der Waals surface area contributed by atoms with Crippen LogP contribution in [0.15, 0.2) is 18.2 Å². The van der Waals surface area contributed by atoms with Gasteiger partial charge >= 0.3 is 0 Å². The first kappa shape index (κ1) is 14.7. The van der Waals surface area contributed by atoms with Crippen LogP contribution in [-0.2, 0) is 17.4 Å². The Bertz CT molecular complexity index is 323. The van der Waals surface area contributed by atoms with Crippen LogP contribution in [0, 0.1) is 0 Å². The first-order valence-corrected chi connectivity index (χ1v) is 7.72. The van der Waals surface area contributed by atoms with E-state index in [9.17, 15) is 0 Å². The van der Waals surface area contributed by atoms with Crippen LogP contribution in [0.25, 0.3) is 0 Å². The smallest absolute Gasteiger partial charge is 0.0507 e. The van der Waals surface area contributed by atoms with Crippen LogP contribution in [0.1, 0.15) is 51.2 Å². The molecule has 1 unspecified atom stereocenters. The zero-order chi connectivity index (χ0) is 12.5. The van der Waals surface area contributed by atoms with Crippen molar-refractivity contribution in [2.24, 2.45) is 0 Å². The van der Waals surface area contributed by atoms with Crippen LogP contribution >= 0.6 is 8.81 Å². The van der Waals surface area contributed by atoms with E-state index in [-0.39, 0.29) is 0 Å². The second-order valence-corrected chi connectivity index (χ2v) is 5.43. The standard InChI is InChI=1S/C15H25OP/c1-4-8-13-10-7-11-15(14(13)9-5-2)17-16-12-6-3/h7,10-11,17H,4-6,8-9,12H2,1-3H3. The highest BCUT2D eigenvalue weighted by molar-refractivity contribution is 7.42. The summed E-state index contributed by atoms with van der Waals surface area (Å²) in [6.45, 7) is 7.54. The first-order valence-electron chi connectivity index (χ1n) is 6.82. The Kier molecular flexibility index (Phi) is 7.48. The molecule has 96 valence electrons. The minimum absolute atomic E-state index is 0.521. The Balaban J connectivity index is 2.81. The fourth-order valence-electron chi connectivity index (χ4n) is 2.01. The number of aryl methyl sites for hydroxylation is 1. The van der Waals surface area contributed by atoms with Crippen molar-refractivity contribution in [1.82, 2.24) is 0 Å². The van der Waals surface area contributed by atoms with Gasteiger partial charge in [-0.25, -0.2) is 0 Å². The maximum Gasteiger partial charge on any atom is 0.0507 e. The summed E-state index contributed by atoms with van der Waals surface area (Å²) >= 11 is 0. The molecule has 1 nitrogen and oxygen atoms in total. The van der Waals surface area contributed by atoms with Gasteiger partial charge in [0.2, 0.25) is 0 Å². The van der Waals surface area contributed by atoms with Crippen LogP contribution in [0.2, 0.25) is 0 Å². The third-order valence-corrected chi connectivity index (χ3v) is 3.82. The van der Waals surface area contributed by atoms with Gasteiger partial charge in [0.05, 0.1) is 6.61 Å². The summed E-state index contributed by atoms with van der Waals surface area (Å²) < 4.78 is 5.72. The van der Waals surface area contributed by atoms with Gasteiger partial charge < -0.3 is 4.52 Å². The second-order valence-electron chi connectivity index (χ2n) is 4.39. The fraction of sp³-hybridized carbons (Fsp3) is 0.600. The Morgan fingerprint density at radius 3 is 2.41 bits per heavy atom. The molecule has 0 aliphatic carbocycles. The van der Waals surface area contributed by atoms with Crippen molar-refractivity contribution in [3.63, 3.8) is 0 Å². The normalized spacial score (nSPS) is 11.5. The molecule has 0 fully saturated rings. The molecular weight excluding hydrogens is 227 g/mol. The molecule has 0 radical (unpaired) electrons. The summed E-state index contributed by atoms with van der Waals surface area (Å²) in [5.74, 6) is 0. The van der Waals surface area contributed by atoms with Gasteiger partial charge in [-0.3, -0.25) is 0 Å². The third kappa shape index (κ3) is 4.77. The van der Waals surface area contributed by atoms with Gasteiger partial charge in [-0.15, -0.1) is 0 Å². The maximum atomic E-state index is 5.72. The Hall–Kier alpha value is -0.390. The lowest BCUT2D eigenvalue weighted by Gasteiger charge is -2.14. The SMILES string of the molecule is CCCOPc1cccc(CCC)c1CCC. The number of hydrogen-bond donors (Lipinski definition) is 0. The van der Waals surface area contributed by atoms with Crippen molar-refractivity contribution >= 4 is 14.1 Å². The van der Waals surface area contributed by atoms with Crippen molar-refractivity contribution in [1.29, 1.82) is 0 Å². The van der Waals surface area contributed by atoms with E-state index in [2.05, 4.69) is 39.0 Å². The van der Waals surface area contributed by atoms with Crippen LogP contribution in [-0.4, -0.2) is 6.61 Å². The number of rotatable bonds is 8. The summed E-state index contributed by atoms with van der Waals surface area (Å²) in [7, 11) is 0.521. The summed E-state index contributed by atoms with van der Waals surface area (Å²) in [6, 6.07) is 6.70. The molecule has 0 aliphatic rings. The molecular formula is C15H25OP. The third-order valence-electron chi connectivity index (χ3n) is 2.78. The predicted octanol–water partition coefficient (Wildman–Crippen LogP) is 4.24. The molecule has 0 aromatic heterocycles. The summed E-state index contributed by atoms with van der Waals surface area (Å²) in [4.78, 5) is 0. The molecule has 2 heteroatoms. The van der Waals surface area contributed by atoms with Gasteiger partial charge in [0.15, 0.2) is 0 Å². The van der Waals surface area contributed by atoms with Gasteiger partial charge in [-0.05, 0) is 30.4 Å². The van der Waals surface area contributed by atoms with E-state index in [1.807, 2.05) is 0 Å². The monoisotopic (exact) mass is 252 g/mol. The van der Waals surface area contributed by atoms with Crippen LogP contribution in [0.5, 0.6) is 0 Å². The van der Waals surface area contributed by atoms with Gasteiger partial charge in [-0.1, -0.05) is 51.8 Å². The van der Waals surface area contributed by atoms with Crippen molar-refractivity contribution < 1.29 is 4.52 Å². The first-order chi connectivity index (χ1) is 8.33. The zero-order valence-electron chi connectivity index (χ0n) is 11.4. The maximum absolute atomic E-state index is 5.72. The molecule has 0 saturated heterocycles. The van der Waals surface area contributed by atoms with Crippen molar-refractivity contribution in [2.45, 2.75) is 52.9 Å². The second kappa shape index (κ2) is 8.66. The van der Waals surface area contributed by atoms with E-state index in [1.54, 1.807) is 5.56 Å². The van der Waals surface area contributed by atoms with Gasteiger partial charge in [-0.2, -0.15) is 0 Å². The lowest BCUT2D eigenvalue weighted by molar-refractivity contribution is 0.366. The largest absolute Gasteiger partial charge is 0.358 e. The summed E-state index contributed by atoms with van der Waals surface area (Å²) in [5.41, 5.74) is 3.07. The molecule has 1 rings (SSSR count). The lowest BCUT2D eigenvalue weighted by atomic mass is 10.00. The molecule has 1 atom stereocenters. The number of benzene rings is 1. The molecule has 1 aromatic carbocycles. The molecule has 0 heterocycles. The summed E-state index contributed by atoms with van der Waals surface area (Å²) in [5, 5.41) is 1.42. The van der Waals surface area contributed by atoms with Crippen molar-refractivity contribution in [2.75, 3.05) is 6.61 Å². The Morgan fingerprint density at radius 1 is 1.00 bits per heavy atom. The van der Waals surface area contributed by atoms with Gasteiger partial charge in [0, 0.05) is 14.1 Å². The molecule has 0 aliphatic heterocycles. The van der Waals surface area contributed by atoms with E-state index in [4.69, 9.17) is 4.52 Å². The predicted molar refractivity (Wildman–Crippen MR) is 78.6 cm³/mol. The minimum Gasteiger partial charge on any atom is -0.358 e. The lowest BCUT2D eigenvalue weighted by Crippen LogP contribution is -2.09. The van der Waals surface area contributed by atoms with E-state index in [0.717, 1.165) is 13.0 Å². The van der Waals surface area contributed by atoms with E-state index in [0.29, 0.717) is 8.81 Å². The number of hydrogen-bond acceptors (Lipinski definition) is 1. The zero-order valence-corrected chi connectivity index (χ0v) is 12.4. The molecule has 0 saturated carbocycles. The highest BCUT2D eigenvalue weighted by atomic mass is 31.1. The van der Waals surface area contributed by atoms with E-state index < -0.39 is 0 Å². The van der Waals surface area contributed by atoms with Crippen molar-refractivity contribution in [3.05, 3.63) is 29.3 Å². The topological polar surface area (TPSA) is 9.23 Å². The fourth-order valence-corrected chi connectivity index (χ4v) is 3.04. The molecule has 0 spiro atoms. The van der Waals surface area contributed by atoms with Crippen LogP contribution in [0.4, 0.5) is 0 Å². The Morgan fingerprint density at radius 2 is 1.76 bits per heavy atom. The average molecular weight is 252 g/mol. The molecule has 0 amide bonds. The van der Waals surface area contributed by atoms with Gasteiger partial charge in [0.25, 0.3) is 0 Å². The molecule has 1 aromatic rings. The molecule has 17 heavy (non-hydrogen) atoms. The Labute approximate surface area is 108 Å². The van der Waals surface area contributed by atoms with E-state index >= 15 is 0 Å².